The van der Waals surface area contributed by atoms with E-state index in [1.54, 1.807) is 12.1 Å². The van der Waals surface area contributed by atoms with Crippen LogP contribution in [0.2, 0.25) is 0 Å². The first-order valence-corrected chi connectivity index (χ1v) is 7.21. The fourth-order valence-electron chi connectivity index (χ4n) is 2.77. The molecule has 1 aromatic carbocycles. The maximum absolute atomic E-state index is 13.9. The van der Waals surface area contributed by atoms with E-state index in [9.17, 15) is 8.78 Å². The molecule has 23 heavy (non-hydrogen) atoms. The predicted molar refractivity (Wildman–Crippen MR) is 79.2 cm³/mol. The van der Waals surface area contributed by atoms with Crippen molar-refractivity contribution in [2.75, 3.05) is 23.3 Å². The van der Waals surface area contributed by atoms with E-state index in [0.29, 0.717) is 30.2 Å². The molecular formula is C14H13F2N7. The fourth-order valence-corrected chi connectivity index (χ4v) is 2.77. The molecule has 1 aliphatic heterocycles. The van der Waals surface area contributed by atoms with E-state index in [1.165, 1.54) is 16.8 Å². The van der Waals surface area contributed by atoms with Gasteiger partial charge in [0.2, 0.25) is 0 Å². The maximum Gasteiger partial charge on any atom is 0.200 e. The molecule has 0 spiro atoms. The predicted octanol–water partition coefficient (Wildman–Crippen LogP) is 1.49. The maximum atomic E-state index is 13.9. The lowest BCUT2D eigenvalue weighted by Crippen LogP contribution is -2.27. The number of hydrogen-bond donors (Lipinski definition) is 1. The molecule has 1 saturated heterocycles. The lowest BCUT2D eigenvalue weighted by atomic mass is 10.2. The average Bonchev–Trinajstić information content (AvgIpc) is 3.16. The zero-order chi connectivity index (χ0) is 15.8. The molecule has 9 heteroatoms. The lowest BCUT2D eigenvalue weighted by molar-refractivity contribution is 0.581. The van der Waals surface area contributed by atoms with Crippen LogP contribution in [0.15, 0.2) is 30.3 Å². The number of nitrogens with one attached hydrogen (secondary N) is 1. The van der Waals surface area contributed by atoms with Gasteiger partial charge >= 0.3 is 0 Å². The summed E-state index contributed by atoms with van der Waals surface area (Å²) in [5.74, 6) is -0.464. The van der Waals surface area contributed by atoms with Gasteiger partial charge in [-0.2, -0.15) is 0 Å². The van der Waals surface area contributed by atoms with Crippen LogP contribution in [0, 0.1) is 11.6 Å². The van der Waals surface area contributed by atoms with Crippen LogP contribution in [-0.4, -0.2) is 44.4 Å². The lowest BCUT2D eigenvalue weighted by Gasteiger charge is -2.19. The van der Waals surface area contributed by atoms with Gasteiger partial charge in [0.25, 0.3) is 0 Å². The zero-order valence-corrected chi connectivity index (χ0v) is 12.0. The Morgan fingerprint density at radius 2 is 2.09 bits per heavy atom. The minimum absolute atomic E-state index is 0.112. The molecule has 4 rings (SSSR count). The molecule has 7 nitrogen and oxygen atoms in total. The van der Waals surface area contributed by atoms with Crippen molar-refractivity contribution in [3.63, 3.8) is 0 Å². The smallest absolute Gasteiger partial charge is 0.200 e. The first kappa shape index (κ1) is 13.8. The SMILES string of the molecule is Fc1ccc(N2CCC(Nc3ccc4nnnn4n3)C2)c(F)c1. The summed E-state index contributed by atoms with van der Waals surface area (Å²) < 4.78 is 28.2. The molecule has 1 atom stereocenters. The van der Waals surface area contributed by atoms with Crippen LogP contribution < -0.4 is 10.2 Å². The summed E-state index contributed by atoms with van der Waals surface area (Å²) in [6.07, 6.45) is 0.826. The molecule has 1 unspecified atom stereocenters. The highest BCUT2D eigenvalue weighted by atomic mass is 19.1. The Balaban J connectivity index is 1.47. The summed E-state index contributed by atoms with van der Waals surface area (Å²) in [5, 5.41) is 18.6. The summed E-state index contributed by atoms with van der Waals surface area (Å²) in [5.41, 5.74) is 0.983. The third-order valence-electron chi connectivity index (χ3n) is 3.86. The summed E-state index contributed by atoms with van der Waals surface area (Å²) in [6, 6.07) is 7.32. The summed E-state index contributed by atoms with van der Waals surface area (Å²) in [7, 11) is 0. The quantitative estimate of drug-likeness (QED) is 0.789. The number of benzene rings is 1. The second-order valence-corrected chi connectivity index (χ2v) is 5.42. The van der Waals surface area contributed by atoms with Gasteiger partial charge in [0.15, 0.2) is 5.65 Å². The van der Waals surface area contributed by atoms with Crippen molar-refractivity contribution in [3.05, 3.63) is 42.0 Å². The minimum atomic E-state index is -0.570. The summed E-state index contributed by atoms with van der Waals surface area (Å²) in [4.78, 5) is 1.89. The molecule has 1 fully saturated rings. The largest absolute Gasteiger partial charge is 0.367 e. The van der Waals surface area contributed by atoms with E-state index < -0.39 is 11.6 Å². The number of anilines is 2. The first-order chi connectivity index (χ1) is 11.2. The van der Waals surface area contributed by atoms with Crippen LogP contribution in [0.1, 0.15) is 6.42 Å². The Kier molecular flexibility index (Phi) is 3.25. The van der Waals surface area contributed by atoms with E-state index >= 15 is 0 Å². The molecule has 0 bridgehead atoms. The Morgan fingerprint density at radius 3 is 2.96 bits per heavy atom. The van der Waals surface area contributed by atoms with Gasteiger partial charge in [-0.3, -0.25) is 0 Å². The third-order valence-corrected chi connectivity index (χ3v) is 3.86. The van der Waals surface area contributed by atoms with E-state index in [-0.39, 0.29) is 6.04 Å². The van der Waals surface area contributed by atoms with Crippen molar-refractivity contribution in [1.82, 2.24) is 25.3 Å². The highest BCUT2D eigenvalue weighted by molar-refractivity contribution is 5.50. The van der Waals surface area contributed by atoms with E-state index in [1.807, 2.05) is 4.90 Å². The Morgan fingerprint density at radius 1 is 1.17 bits per heavy atom. The number of rotatable bonds is 3. The molecule has 3 heterocycles. The van der Waals surface area contributed by atoms with Crippen LogP contribution in [0.5, 0.6) is 0 Å². The molecule has 0 saturated carbocycles. The van der Waals surface area contributed by atoms with Gasteiger partial charge < -0.3 is 10.2 Å². The second-order valence-electron chi connectivity index (χ2n) is 5.42. The summed E-state index contributed by atoms with van der Waals surface area (Å²) >= 11 is 0. The monoisotopic (exact) mass is 317 g/mol. The molecule has 2 aromatic heterocycles. The van der Waals surface area contributed by atoms with Crippen molar-refractivity contribution < 1.29 is 8.78 Å². The highest BCUT2D eigenvalue weighted by Gasteiger charge is 2.25. The standard InChI is InChI=1S/C14H13F2N7/c15-9-1-2-12(11(16)7-9)22-6-5-10(8-22)17-13-3-4-14-18-20-21-23(14)19-13/h1-4,7,10H,5-6,8H2,(H,17,19). The van der Waals surface area contributed by atoms with Crippen LogP contribution >= 0.6 is 0 Å². The van der Waals surface area contributed by atoms with Gasteiger partial charge in [0.1, 0.15) is 17.5 Å². The average molecular weight is 317 g/mol. The van der Waals surface area contributed by atoms with Crippen LogP contribution in [0.4, 0.5) is 20.3 Å². The van der Waals surface area contributed by atoms with Crippen LogP contribution in [-0.2, 0) is 0 Å². The topological polar surface area (TPSA) is 71.2 Å². The molecule has 0 amide bonds. The van der Waals surface area contributed by atoms with Gasteiger partial charge in [-0.05, 0) is 41.1 Å². The number of hydrogen-bond acceptors (Lipinski definition) is 6. The molecule has 1 N–H and O–H groups in total. The number of halogens is 2. The summed E-state index contributed by atoms with van der Waals surface area (Å²) in [6.45, 7) is 1.30. The third kappa shape index (κ3) is 2.65. The molecule has 3 aromatic rings. The van der Waals surface area contributed by atoms with Gasteiger partial charge in [-0.25, -0.2) is 8.78 Å². The number of nitrogens with zero attached hydrogens (tertiary/aromatic N) is 6. The molecule has 118 valence electrons. The molecule has 1 aliphatic rings. The fraction of sp³-hybridized carbons (Fsp3) is 0.286. The van der Waals surface area contributed by atoms with Gasteiger partial charge in [-0.1, -0.05) is 0 Å². The van der Waals surface area contributed by atoms with E-state index in [2.05, 4.69) is 25.9 Å². The number of aromatic nitrogens is 5. The first-order valence-electron chi connectivity index (χ1n) is 7.21. The van der Waals surface area contributed by atoms with Gasteiger partial charge in [-0.15, -0.1) is 14.8 Å². The number of tetrazole rings is 1. The van der Waals surface area contributed by atoms with Crippen molar-refractivity contribution in [2.45, 2.75) is 12.5 Å². The molecular weight excluding hydrogens is 304 g/mol. The van der Waals surface area contributed by atoms with Gasteiger partial charge in [0, 0.05) is 25.2 Å². The van der Waals surface area contributed by atoms with Crippen molar-refractivity contribution in [1.29, 1.82) is 0 Å². The van der Waals surface area contributed by atoms with E-state index in [4.69, 9.17) is 0 Å². The van der Waals surface area contributed by atoms with Crippen molar-refractivity contribution >= 4 is 17.2 Å². The van der Waals surface area contributed by atoms with Crippen molar-refractivity contribution in [2.24, 2.45) is 0 Å². The second kappa shape index (κ2) is 5.41. The Labute approximate surface area is 129 Å². The normalized spacial score (nSPS) is 17.8. The zero-order valence-electron chi connectivity index (χ0n) is 12.0. The number of fused-ring (bicyclic) bond motifs is 1. The minimum Gasteiger partial charge on any atom is -0.367 e. The van der Waals surface area contributed by atoms with Crippen LogP contribution in [0.25, 0.3) is 5.65 Å². The Hall–Kier alpha value is -2.84. The molecule has 0 aliphatic carbocycles. The Bertz CT molecular complexity index is 850. The highest BCUT2D eigenvalue weighted by Crippen LogP contribution is 2.25. The van der Waals surface area contributed by atoms with E-state index in [0.717, 1.165) is 12.5 Å². The van der Waals surface area contributed by atoms with Crippen molar-refractivity contribution in [3.8, 4) is 0 Å². The van der Waals surface area contributed by atoms with Gasteiger partial charge in [0.05, 0.1) is 5.69 Å². The molecule has 0 radical (unpaired) electrons. The van der Waals surface area contributed by atoms with Crippen LogP contribution in [0.3, 0.4) is 0 Å².